The highest BCUT2D eigenvalue weighted by molar-refractivity contribution is 7.92. The van der Waals surface area contributed by atoms with Gasteiger partial charge in [-0.3, -0.25) is 9.10 Å². The van der Waals surface area contributed by atoms with Crippen molar-refractivity contribution in [3.05, 3.63) is 29.5 Å². The molecule has 2 N–H and O–H groups in total. The van der Waals surface area contributed by atoms with Crippen LogP contribution in [0.1, 0.15) is 52.4 Å². The van der Waals surface area contributed by atoms with Crippen LogP contribution in [0.25, 0.3) is 0 Å². The Balaban J connectivity index is 1.77. The molecule has 198 valence electrons. The minimum atomic E-state index is -4.28. The lowest BCUT2D eigenvalue weighted by Gasteiger charge is -2.41. The molecule has 1 aromatic rings. The molecule has 1 fully saturated rings. The number of carbonyl (C=O) groups is 1. The number of aliphatic hydroxyl groups excluding tert-OH is 1. The van der Waals surface area contributed by atoms with Crippen LogP contribution in [0, 0.1) is 11.8 Å². The van der Waals surface area contributed by atoms with Crippen molar-refractivity contribution < 1.29 is 26.7 Å². The summed E-state index contributed by atoms with van der Waals surface area (Å²) in [4.78, 5) is 15.3. The zero-order valence-electron chi connectivity index (χ0n) is 21.1. The van der Waals surface area contributed by atoms with Gasteiger partial charge in [0.2, 0.25) is 10.0 Å². The fraction of sp³-hybridized carbons (Fsp3) is 0.583. The average Bonchev–Trinajstić information content (AvgIpc) is 3.03. The van der Waals surface area contributed by atoms with Crippen LogP contribution in [0.2, 0.25) is 0 Å². The van der Waals surface area contributed by atoms with Crippen molar-refractivity contribution >= 4 is 43.2 Å². The van der Waals surface area contributed by atoms with E-state index >= 15 is 0 Å². The Bertz CT molecular complexity index is 1330. The maximum absolute atomic E-state index is 13.7. The molecule has 1 aromatic carbocycles. The second-order valence-electron chi connectivity index (χ2n) is 10.2. The van der Waals surface area contributed by atoms with E-state index in [0.29, 0.717) is 18.9 Å². The molecule has 0 spiro atoms. The molecule has 3 aliphatic rings. The Labute approximate surface area is 213 Å². The van der Waals surface area contributed by atoms with Gasteiger partial charge in [0, 0.05) is 25.6 Å². The predicted molar refractivity (Wildman–Crippen MR) is 139 cm³/mol. The number of hydrogen-bond acceptors (Lipinski definition) is 7. The number of amides is 1. The second-order valence-corrected chi connectivity index (χ2v) is 13.8. The zero-order chi connectivity index (χ0) is 26.4. The van der Waals surface area contributed by atoms with E-state index in [2.05, 4.69) is 23.6 Å². The van der Waals surface area contributed by atoms with E-state index in [1.54, 1.807) is 4.90 Å². The van der Waals surface area contributed by atoms with Crippen molar-refractivity contribution in [3.63, 3.8) is 0 Å². The van der Waals surface area contributed by atoms with Gasteiger partial charge in [0.1, 0.15) is 16.2 Å². The third-order valence-electron chi connectivity index (χ3n) is 7.21. The molecule has 2 unspecified atom stereocenters. The zero-order valence-corrected chi connectivity index (χ0v) is 22.7. The van der Waals surface area contributed by atoms with Gasteiger partial charge in [0.05, 0.1) is 17.6 Å². The van der Waals surface area contributed by atoms with Gasteiger partial charge in [-0.15, -0.1) is 4.40 Å². The van der Waals surface area contributed by atoms with Gasteiger partial charge >= 0.3 is 0 Å². The summed E-state index contributed by atoms with van der Waals surface area (Å²) in [6.45, 7) is 4.68. The number of hydrogen-bond donors (Lipinski definition) is 2. The first kappa shape index (κ1) is 26.5. The number of rotatable bonds is 6. The molecule has 10 nitrogen and oxygen atoms in total. The summed E-state index contributed by atoms with van der Waals surface area (Å²) in [5.41, 5.74) is 0.223. The highest BCUT2D eigenvalue weighted by atomic mass is 32.2. The Kier molecular flexibility index (Phi) is 7.13. The third kappa shape index (κ3) is 4.97. The molecule has 1 aliphatic carbocycles. The first-order chi connectivity index (χ1) is 16.8. The quantitative estimate of drug-likeness (QED) is 0.567. The molecule has 36 heavy (non-hydrogen) atoms. The minimum Gasteiger partial charge on any atom is -0.511 e. The topological polar surface area (TPSA) is 136 Å². The first-order valence-corrected chi connectivity index (χ1v) is 15.5. The summed E-state index contributed by atoms with van der Waals surface area (Å²) in [6, 6.07) is 4.02. The maximum atomic E-state index is 13.7. The van der Waals surface area contributed by atoms with Crippen LogP contribution in [0.15, 0.2) is 38.8 Å². The largest absolute Gasteiger partial charge is 0.511 e. The molecular formula is C24H34N4O6S2. The Morgan fingerprint density at radius 2 is 1.92 bits per heavy atom. The van der Waals surface area contributed by atoms with E-state index in [1.165, 1.54) is 25.2 Å². The van der Waals surface area contributed by atoms with Crippen molar-refractivity contribution in [1.29, 1.82) is 0 Å². The van der Waals surface area contributed by atoms with E-state index in [4.69, 9.17) is 0 Å². The Morgan fingerprint density at radius 3 is 2.58 bits per heavy atom. The molecule has 2 aliphatic heterocycles. The van der Waals surface area contributed by atoms with E-state index < -0.39 is 26.0 Å². The number of nitrogens with one attached hydrogen (secondary N) is 1. The van der Waals surface area contributed by atoms with E-state index in [1.807, 2.05) is 0 Å². The highest BCUT2D eigenvalue weighted by Crippen LogP contribution is 2.40. The molecule has 0 radical (unpaired) electrons. The van der Waals surface area contributed by atoms with Gasteiger partial charge < -0.3 is 15.3 Å². The number of anilines is 2. The molecule has 0 aromatic heterocycles. The summed E-state index contributed by atoms with van der Waals surface area (Å²) in [7, 11) is -6.56. The molecule has 2 atom stereocenters. The average molecular weight is 539 g/mol. The minimum absolute atomic E-state index is 0.103. The van der Waals surface area contributed by atoms with Crippen LogP contribution in [-0.2, 0) is 24.8 Å². The Hall–Kier alpha value is -2.60. The third-order valence-corrected chi connectivity index (χ3v) is 9.74. The van der Waals surface area contributed by atoms with Gasteiger partial charge in [0.25, 0.3) is 15.9 Å². The van der Waals surface area contributed by atoms with Gasteiger partial charge in [-0.2, -0.15) is 8.42 Å². The van der Waals surface area contributed by atoms with Crippen molar-refractivity contribution in [1.82, 2.24) is 4.90 Å². The molecule has 2 heterocycles. The maximum Gasteiger partial charge on any atom is 0.286 e. The number of amidine groups is 1. The standard InChI is InChI=1S/C24H34N4O6S2/c1-15(2)12-13-28-19-9-7-5-6-8-17(19)22(29)21(24(28)30)23-25-18-11-10-16(27(3)35(4,31)32)14-20(18)36(33,34)26-23/h10-11,14-15,17,19,29H,5-9,12-13H2,1-4H3,(H,25,26). The summed E-state index contributed by atoms with van der Waals surface area (Å²) in [6.07, 6.45) is 6.23. The lowest BCUT2D eigenvalue weighted by molar-refractivity contribution is -0.132. The van der Waals surface area contributed by atoms with Gasteiger partial charge in [-0.05, 0) is 43.4 Å². The number of carbonyl (C=O) groups excluding carboxylic acids is 1. The van der Waals surface area contributed by atoms with Crippen molar-refractivity contribution in [2.45, 2.75) is 63.3 Å². The number of sulfonamides is 2. The van der Waals surface area contributed by atoms with Crippen molar-refractivity contribution in [3.8, 4) is 0 Å². The normalized spacial score (nSPS) is 24.0. The molecule has 12 heteroatoms. The predicted octanol–water partition coefficient (Wildman–Crippen LogP) is 3.24. The lowest BCUT2D eigenvalue weighted by atomic mass is 9.84. The molecule has 0 saturated heterocycles. The SMILES string of the molecule is CC(C)CCN1C(=O)C(C2=NS(=O)(=O)c3cc(N(C)S(C)(=O)=O)ccc3N2)=C(O)C2CCCCCC21. The van der Waals surface area contributed by atoms with Crippen LogP contribution in [0.5, 0.6) is 0 Å². The molecular weight excluding hydrogens is 504 g/mol. The summed E-state index contributed by atoms with van der Waals surface area (Å²) >= 11 is 0. The second kappa shape index (κ2) is 9.70. The number of nitrogens with zero attached hydrogens (tertiary/aromatic N) is 3. The lowest BCUT2D eigenvalue weighted by Crippen LogP contribution is -2.52. The number of benzene rings is 1. The smallest absolute Gasteiger partial charge is 0.286 e. The molecule has 1 saturated carbocycles. The molecule has 4 rings (SSSR count). The van der Waals surface area contributed by atoms with Crippen molar-refractivity contribution in [2.75, 3.05) is 29.5 Å². The number of fused-ring (bicyclic) bond motifs is 2. The monoisotopic (exact) mass is 538 g/mol. The van der Waals surface area contributed by atoms with Crippen LogP contribution in [0.3, 0.4) is 0 Å². The summed E-state index contributed by atoms with van der Waals surface area (Å²) in [5.74, 6) is -0.625. The van der Waals surface area contributed by atoms with E-state index in [0.717, 1.165) is 42.7 Å². The van der Waals surface area contributed by atoms with Crippen LogP contribution >= 0.6 is 0 Å². The van der Waals surface area contributed by atoms with E-state index in [9.17, 15) is 26.7 Å². The van der Waals surface area contributed by atoms with Gasteiger partial charge in [-0.1, -0.05) is 33.1 Å². The van der Waals surface area contributed by atoms with Crippen LogP contribution < -0.4 is 9.62 Å². The Morgan fingerprint density at radius 1 is 1.22 bits per heavy atom. The van der Waals surface area contributed by atoms with Gasteiger partial charge in [0.15, 0.2) is 5.84 Å². The van der Waals surface area contributed by atoms with Crippen molar-refractivity contribution in [2.24, 2.45) is 16.2 Å². The van der Waals surface area contributed by atoms with E-state index in [-0.39, 0.29) is 45.4 Å². The fourth-order valence-electron chi connectivity index (χ4n) is 5.10. The van der Waals surface area contributed by atoms with Crippen LogP contribution in [-0.4, -0.2) is 64.5 Å². The van der Waals surface area contributed by atoms with Gasteiger partial charge in [-0.25, -0.2) is 8.42 Å². The summed E-state index contributed by atoms with van der Waals surface area (Å²) in [5, 5.41) is 14.2. The summed E-state index contributed by atoms with van der Waals surface area (Å²) < 4.78 is 55.0. The first-order valence-electron chi connectivity index (χ1n) is 12.3. The fourth-order valence-corrected chi connectivity index (χ4v) is 6.74. The highest BCUT2D eigenvalue weighted by Gasteiger charge is 2.44. The number of aliphatic hydroxyl groups is 1. The van der Waals surface area contributed by atoms with Crippen LogP contribution in [0.4, 0.5) is 11.4 Å². The molecule has 0 bridgehead atoms. The molecule has 1 amide bonds.